The van der Waals surface area contributed by atoms with Gasteiger partial charge in [0.15, 0.2) is 0 Å². The largest absolute Gasteiger partial charge is 0.416 e. The van der Waals surface area contributed by atoms with Gasteiger partial charge in [-0.15, -0.1) is 0 Å². The Hall–Kier alpha value is -2.31. The van der Waals surface area contributed by atoms with Crippen molar-refractivity contribution < 1.29 is 22.8 Å². The monoisotopic (exact) mass is 354 g/mol. The van der Waals surface area contributed by atoms with Crippen molar-refractivity contribution in [3.8, 4) is 0 Å². The van der Waals surface area contributed by atoms with Crippen molar-refractivity contribution in [1.82, 2.24) is 10.2 Å². The molecule has 0 aliphatic carbocycles. The minimum Gasteiger partial charge on any atom is -0.352 e. The lowest BCUT2D eigenvalue weighted by Crippen LogP contribution is -2.39. The van der Waals surface area contributed by atoms with Crippen LogP contribution in [0.3, 0.4) is 0 Å². The molecule has 25 heavy (non-hydrogen) atoms. The number of piperidine rings is 1. The van der Waals surface area contributed by atoms with Gasteiger partial charge < -0.3 is 10.2 Å². The Bertz CT molecular complexity index is 635. The average molecular weight is 354 g/mol. The third-order valence-electron chi connectivity index (χ3n) is 4.36. The van der Waals surface area contributed by atoms with Crippen molar-refractivity contribution in [3.63, 3.8) is 0 Å². The molecular formula is C18H21F3N2O2. The van der Waals surface area contributed by atoms with E-state index in [0.29, 0.717) is 31.5 Å². The first-order chi connectivity index (χ1) is 11.8. The topological polar surface area (TPSA) is 49.4 Å². The second-order valence-electron chi connectivity index (χ2n) is 6.02. The number of hydrogen-bond acceptors (Lipinski definition) is 2. The lowest BCUT2D eigenvalue weighted by atomic mass is 9.88. The first-order valence-electron chi connectivity index (χ1n) is 8.16. The van der Waals surface area contributed by atoms with Gasteiger partial charge in [0.05, 0.1) is 5.56 Å². The SMILES string of the molecule is C=CC(=O)NCCC(=O)N1CCC(c2cccc(C(F)(F)F)c2)CC1. The van der Waals surface area contributed by atoms with Crippen molar-refractivity contribution in [2.45, 2.75) is 31.4 Å². The normalized spacial score (nSPS) is 15.7. The number of nitrogens with zero attached hydrogens (tertiary/aromatic N) is 1. The smallest absolute Gasteiger partial charge is 0.352 e. The predicted octanol–water partition coefficient (Wildman–Crippen LogP) is 3.10. The fourth-order valence-corrected chi connectivity index (χ4v) is 2.95. The van der Waals surface area contributed by atoms with Gasteiger partial charge in [0.2, 0.25) is 11.8 Å². The molecule has 0 spiro atoms. The average Bonchev–Trinajstić information content (AvgIpc) is 2.61. The number of amides is 2. The van der Waals surface area contributed by atoms with Crippen molar-refractivity contribution >= 4 is 11.8 Å². The Kier molecular flexibility index (Phi) is 6.22. The van der Waals surface area contributed by atoms with Crippen LogP contribution in [-0.2, 0) is 15.8 Å². The van der Waals surface area contributed by atoms with Crippen LogP contribution in [0.5, 0.6) is 0 Å². The van der Waals surface area contributed by atoms with Gasteiger partial charge in [0.25, 0.3) is 0 Å². The number of benzene rings is 1. The number of likely N-dealkylation sites (tertiary alicyclic amines) is 1. The summed E-state index contributed by atoms with van der Waals surface area (Å²) < 4.78 is 38.4. The second-order valence-corrected chi connectivity index (χ2v) is 6.02. The summed E-state index contributed by atoms with van der Waals surface area (Å²) >= 11 is 0. The van der Waals surface area contributed by atoms with Crippen LogP contribution in [-0.4, -0.2) is 36.3 Å². The van der Waals surface area contributed by atoms with E-state index >= 15 is 0 Å². The number of carbonyl (C=O) groups is 2. The van der Waals surface area contributed by atoms with Gasteiger partial charge in [-0.25, -0.2) is 0 Å². The summed E-state index contributed by atoms with van der Waals surface area (Å²) in [6, 6.07) is 5.41. The van der Waals surface area contributed by atoms with E-state index in [4.69, 9.17) is 0 Å². The number of alkyl halides is 3. The quantitative estimate of drug-likeness (QED) is 0.826. The van der Waals surface area contributed by atoms with E-state index in [1.54, 1.807) is 11.0 Å². The number of carbonyl (C=O) groups excluding carboxylic acids is 2. The predicted molar refractivity (Wildman–Crippen MR) is 87.8 cm³/mol. The van der Waals surface area contributed by atoms with Gasteiger partial charge in [-0.2, -0.15) is 13.2 Å². The lowest BCUT2D eigenvalue weighted by molar-refractivity contribution is -0.137. The highest BCUT2D eigenvalue weighted by molar-refractivity contribution is 5.87. The van der Waals surface area contributed by atoms with E-state index in [1.165, 1.54) is 12.1 Å². The fraction of sp³-hybridized carbons (Fsp3) is 0.444. The third kappa shape index (κ3) is 5.34. The first-order valence-corrected chi connectivity index (χ1v) is 8.16. The first kappa shape index (κ1) is 19.0. The molecule has 4 nitrogen and oxygen atoms in total. The van der Waals surface area contributed by atoms with Gasteiger partial charge in [-0.05, 0) is 36.5 Å². The van der Waals surface area contributed by atoms with E-state index in [-0.39, 0.29) is 30.7 Å². The molecule has 1 saturated heterocycles. The lowest BCUT2D eigenvalue weighted by Gasteiger charge is -2.32. The van der Waals surface area contributed by atoms with Crippen molar-refractivity contribution in [3.05, 3.63) is 48.0 Å². The highest BCUT2D eigenvalue weighted by Gasteiger charge is 2.31. The van der Waals surface area contributed by atoms with Gasteiger partial charge in [-0.3, -0.25) is 9.59 Å². The third-order valence-corrected chi connectivity index (χ3v) is 4.36. The van der Waals surface area contributed by atoms with Crippen LogP contribution in [0.25, 0.3) is 0 Å². The van der Waals surface area contributed by atoms with Crippen molar-refractivity contribution in [1.29, 1.82) is 0 Å². The maximum absolute atomic E-state index is 12.8. The summed E-state index contributed by atoms with van der Waals surface area (Å²) in [5.41, 5.74) is 0.0293. The number of halogens is 3. The molecule has 7 heteroatoms. The molecule has 1 N–H and O–H groups in total. The molecule has 1 aliphatic rings. The number of nitrogens with one attached hydrogen (secondary N) is 1. The molecule has 2 amide bonds. The zero-order valence-electron chi connectivity index (χ0n) is 13.8. The van der Waals surface area contributed by atoms with Gasteiger partial charge in [-0.1, -0.05) is 24.8 Å². The molecule has 0 unspecified atom stereocenters. The molecule has 1 aromatic rings. The minimum absolute atomic E-state index is 0.0202. The standard InChI is InChI=1S/C18H21F3N2O2/c1-2-16(24)22-9-6-17(25)23-10-7-13(8-11-23)14-4-3-5-15(12-14)18(19,20)21/h2-5,12-13H,1,6-11H2,(H,22,24). The molecule has 1 fully saturated rings. The maximum atomic E-state index is 12.8. The molecule has 0 aromatic heterocycles. The molecule has 0 saturated carbocycles. The summed E-state index contributed by atoms with van der Waals surface area (Å²) in [7, 11) is 0. The second kappa shape index (κ2) is 8.18. The molecule has 2 rings (SSSR count). The summed E-state index contributed by atoms with van der Waals surface area (Å²) in [4.78, 5) is 24.8. The molecule has 136 valence electrons. The van der Waals surface area contributed by atoms with Gasteiger partial charge in [0.1, 0.15) is 0 Å². The number of hydrogen-bond donors (Lipinski definition) is 1. The molecule has 1 aromatic carbocycles. The van der Waals surface area contributed by atoms with Crippen LogP contribution in [0.1, 0.15) is 36.3 Å². The summed E-state index contributed by atoms with van der Waals surface area (Å²) in [6.45, 7) is 4.59. The summed E-state index contributed by atoms with van der Waals surface area (Å²) in [5, 5.41) is 2.55. The zero-order valence-corrected chi connectivity index (χ0v) is 13.8. The van der Waals surface area contributed by atoms with E-state index in [1.807, 2.05) is 0 Å². The van der Waals surface area contributed by atoms with E-state index in [9.17, 15) is 22.8 Å². The van der Waals surface area contributed by atoms with Gasteiger partial charge in [0, 0.05) is 26.1 Å². The fourth-order valence-electron chi connectivity index (χ4n) is 2.95. The van der Waals surface area contributed by atoms with E-state index < -0.39 is 11.7 Å². The Morgan fingerprint density at radius 2 is 1.96 bits per heavy atom. The Morgan fingerprint density at radius 3 is 2.56 bits per heavy atom. The maximum Gasteiger partial charge on any atom is 0.416 e. The molecule has 0 atom stereocenters. The zero-order chi connectivity index (χ0) is 18.4. The van der Waals surface area contributed by atoms with E-state index in [0.717, 1.165) is 12.1 Å². The molecular weight excluding hydrogens is 333 g/mol. The molecule has 1 heterocycles. The van der Waals surface area contributed by atoms with Crippen LogP contribution in [0.2, 0.25) is 0 Å². The van der Waals surface area contributed by atoms with Crippen molar-refractivity contribution in [2.75, 3.05) is 19.6 Å². The highest BCUT2D eigenvalue weighted by atomic mass is 19.4. The van der Waals surface area contributed by atoms with Crippen LogP contribution in [0.15, 0.2) is 36.9 Å². The summed E-state index contributed by atoms with van der Waals surface area (Å²) in [5.74, 6) is -0.366. The Labute approximate surface area is 144 Å². The van der Waals surface area contributed by atoms with E-state index in [2.05, 4.69) is 11.9 Å². The van der Waals surface area contributed by atoms with Gasteiger partial charge >= 0.3 is 6.18 Å². The summed E-state index contributed by atoms with van der Waals surface area (Å²) in [6.07, 6.45) is -1.74. The highest BCUT2D eigenvalue weighted by Crippen LogP contribution is 2.34. The molecule has 0 bridgehead atoms. The Morgan fingerprint density at radius 1 is 1.28 bits per heavy atom. The van der Waals surface area contributed by atoms with Crippen molar-refractivity contribution in [2.24, 2.45) is 0 Å². The van der Waals surface area contributed by atoms with Crippen LogP contribution in [0.4, 0.5) is 13.2 Å². The van der Waals surface area contributed by atoms with Crippen LogP contribution < -0.4 is 5.32 Å². The molecule has 1 aliphatic heterocycles. The minimum atomic E-state index is -4.34. The Balaban J connectivity index is 1.86. The molecule has 0 radical (unpaired) electrons. The van der Waals surface area contributed by atoms with Crippen LogP contribution in [0, 0.1) is 0 Å². The number of rotatable bonds is 5. The van der Waals surface area contributed by atoms with Crippen LogP contribution >= 0.6 is 0 Å².